The number of carbonyl (C=O) groups is 2. The van der Waals surface area contributed by atoms with Crippen LogP contribution in [0.4, 0.5) is 9.18 Å². The van der Waals surface area contributed by atoms with E-state index < -0.39 is 6.16 Å². The fourth-order valence-corrected chi connectivity index (χ4v) is 2.73. The molecule has 1 N–H and O–H groups in total. The summed E-state index contributed by atoms with van der Waals surface area (Å²) in [6, 6.07) is 3.31. The molecule has 9 heteroatoms. The standard InChI is InChI=1S/C17H20FNO2.CH2O3.2K/c1-3-9-21-16-11-14-12(7-8-19-17(20)4-2)5-6-13(14)10-15(16)18;2-1(3)4;;/h1,10-12H,4-9H2,2H3,(H,19,20);(H2,2,3,4);;/q;;2*+1/p-2. The van der Waals surface area contributed by atoms with Crippen molar-refractivity contribution < 1.29 is 132 Å². The minimum atomic E-state index is -2.33. The van der Waals surface area contributed by atoms with Crippen molar-refractivity contribution in [3.8, 4) is 18.1 Å². The summed E-state index contributed by atoms with van der Waals surface area (Å²) in [7, 11) is 0. The van der Waals surface area contributed by atoms with Gasteiger partial charge >= 0.3 is 103 Å². The van der Waals surface area contributed by atoms with E-state index in [2.05, 4.69) is 11.2 Å². The average molecular weight is 428 g/mol. The maximum absolute atomic E-state index is 13.8. The fraction of sp³-hybridized carbons (Fsp3) is 0.444. The van der Waals surface area contributed by atoms with Crippen molar-refractivity contribution in [3.63, 3.8) is 0 Å². The number of hydrogen-bond acceptors (Lipinski definition) is 5. The normalized spacial score (nSPS) is 13.4. The molecule has 0 bridgehead atoms. The molecule has 6 nitrogen and oxygen atoms in total. The summed E-state index contributed by atoms with van der Waals surface area (Å²) in [5, 5.41) is 19.5. The molecule has 1 aliphatic rings. The summed E-state index contributed by atoms with van der Waals surface area (Å²) >= 11 is 0. The van der Waals surface area contributed by atoms with Crippen molar-refractivity contribution in [3.05, 3.63) is 29.1 Å². The molecule has 0 radical (unpaired) electrons. The van der Waals surface area contributed by atoms with Gasteiger partial charge in [-0.1, -0.05) is 12.8 Å². The van der Waals surface area contributed by atoms with Gasteiger partial charge in [0.15, 0.2) is 11.6 Å². The number of carbonyl (C=O) groups excluding carboxylic acids is 2. The second-order valence-corrected chi connectivity index (χ2v) is 5.45. The van der Waals surface area contributed by atoms with E-state index in [4.69, 9.17) is 26.2 Å². The van der Waals surface area contributed by atoms with E-state index in [0.717, 1.165) is 30.4 Å². The molecule has 0 fully saturated rings. The first kappa shape index (κ1) is 29.7. The number of benzene rings is 1. The molecule has 0 saturated carbocycles. The predicted octanol–water partition coefficient (Wildman–Crippen LogP) is -5.66. The first-order chi connectivity index (χ1) is 11.9. The van der Waals surface area contributed by atoms with Gasteiger partial charge in [-0.25, -0.2) is 4.39 Å². The van der Waals surface area contributed by atoms with E-state index in [0.29, 0.717) is 18.9 Å². The third-order valence-corrected chi connectivity index (χ3v) is 3.84. The van der Waals surface area contributed by atoms with Crippen LogP contribution in [0.3, 0.4) is 0 Å². The average Bonchev–Trinajstić information content (AvgIpc) is 2.93. The molecule has 2 rings (SSSR count). The van der Waals surface area contributed by atoms with Crippen LogP contribution in [0.1, 0.15) is 43.2 Å². The van der Waals surface area contributed by atoms with Gasteiger partial charge in [0.2, 0.25) is 5.91 Å². The number of terminal acetylenes is 1. The molecular weight excluding hydrogens is 407 g/mol. The van der Waals surface area contributed by atoms with Crippen LogP contribution in [0.15, 0.2) is 12.1 Å². The third kappa shape index (κ3) is 11.3. The monoisotopic (exact) mass is 427 g/mol. The van der Waals surface area contributed by atoms with Gasteiger partial charge in [-0.05, 0) is 54.6 Å². The Hall–Kier alpha value is 0.523. The number of ether oxygens (including phenoxy) is 1. The van der Waals surface area contributed by atoms with E-state index in [1.807, 2.05) is 6.92 Å². The second kappa shape index (κ2) is 16.3. The van der Waals surface area contributed by atoms with Crippen LogP contribution >= 0.6 is 0 Å². The largest absolute Gasteiger partial charge is 1.00 e. The Morgan fingerprint density at radius 3 is 2.56 bits per heavy atom. The van der Waals surface area contributed by atoms with Crippen LogP contribution in [0, 0.1) is 18.2 Å². The number of halogens is 1. The molecule has 1 amide bonds. The number of rotatable bonds is 6. The van der Waals surface area contributed by atoms with Crippen molar-refractivity contribution in [1.82, 2.24) is 5.32 Å². The smallest absolute Gasteiger partial charge is 0.652 e. The molecule has 0 spiro atoms. The van der Waals surface area contributed by atoms with Gasteiger partial charge in [-0.2, -0.15) is 0 Å². The van der Waals surface area contributed by atoms with Crippen LogP contribution < -0.4 is 123 Å². The molecule has 1 atom stereocenters. The van der Waals surface area contributed by atoms with E-state index >= 15 is 0 Å². The molecular formula is C18H20FK2NO5. The molecule has 1 aromatic carbocycles. The number of hydrogen-bond donors (Lipinski definition) is 1. The number of carboxylic acid groups (broad SMARTS) is 2. The molecule has 1 aromatic rings. The second-order valence-electron chi connectivity index (χ2n) is 5.45. The van der Waals surface area contributed by atoms with Gasteiger partial charge < -0.3 is 25.1 Å². The molecule has 0 aliphatic heterocycles. The van der Waals surface area contributed by atoms with Crippen LogP contribution in [-0.2, 0) is 11.2 Å². The number of amides is 1. The van der Waals surface area contributed by atoms with Gasteiger partial charge in [-0.15, -0.1) is 6.42 Å². The molecule has 1 unspecified atom stereocenters. The summed E-state index contributed by atoms with van der Waals surface area (Å²) in [6.45, 7) is 2.54. The van der Waals surface area contributed by atoms with Crippen molar-refractivity contribution in [2.75, 3.05) is 13.2 Å². The Morgan fingerprint density at radius 2 is 2.00 bits per heavy atom. The minimum absolute atomic E-state index is 0. The van der Waals surface area contributed by atoms with Crippen molar-refractivity contribution in [2.45, 2.75) is 38.5 Å². The van der Waals surface area contributed by atoms with E-state index in [-0.39, 0.29) is 127 Å². The maximum atomic E-state index is 13.8. The van der Waals surface area contributed by atoms with Crippen LogP contribution in [0.2, 0.25) is 0 Å². The minimum Gasteiger partial charge on any atom is -0.652 e. The van der Waals surface area contributed by atoms with E-state index in [1.54, 1.807) is 12.1 Å². The van der Waals surface area contributed by atoms with Gasteiger partial charge in [0, 0.05) is 13.0 Å². The SMILES string of the molecule is C#CCOc1cc2c(cc1F)CCC2CCNC(=O)CC.O=C([O-])[O-].[K+].[K+]. The van der Waals surface area contributed by atoms with Crippen molar-refractivity contribution in [2.24, 2.45) is 0 Å². The zero-order valence-electron chi connectivity index (χ0n) is 16.0. The predicted molar refractivity (Wildman–Crippen MR) is 85.1 cm³/mol. The maximum Gasteiger partial charge on any atom is 1.00 e. The van der Waals surface area contributed by atoms with Crippen molar-refractivity contribution >= 4 is 12.1 Å². The van der Waals surface area contributed by atoms with Gasteiger partial charge in [-0.3, -0.25) is 4.79 Å². The summed E-state index contributed by atoms with van der Waals surface area (Å²) < 4.78 is 19.1. The molecule has 0 aromatic heterocycles. The fourth-order valence-electron chi connectivity index (χ4n) is 2.73. The Morgan fingerprint density at radius 1 is 1.37 bits per heavy atom. The molecule has 0 saturated heterocycles. The zero-order valence-corrected chi connectivity index (χ0v) is 22.2. The molecule has 136 valence electrons. The van der Waals surface area contributed by atoms with Crippen molar-refractivity contribution in [1.29, 1.82) is 0 Å². The molecule has 27 heavy (non-hydrogen) atoms. The van der Waals surface area contributed by atoms with Gasteiger partial charge in [0.25, 0.3) is 0 Å². The van der Waals surface area contributed by atoms with Crippen LogP contribution in [0.5, 0.6) is 5.75 Å². The topological polar surface area (TPSA) is 102 Å². The Bertz CT molecular complexity index is 660. The summed E-state index contributed by atoms with van der Waals surface area (Å²) in [6.07, 6.45) is 6.01. The van der Waals surface area contributed by atoms with E-state index in [1.165, 1.54) is 0 Å². The first-order valence-corrected chi connectivity index (χ1v) is 7.92. The first-order valence-electron chi connectivity index (χ1n) is 7.92. The van der Waals surface area contributed by atoms with Crippen LogP contribution in [-0.4, -0.2) is 25.2 Å². The molecule has 0 heterocycles. The number of nitrogens with one attached hydrogen (secondary N) is 1. The van der Waals surface area contributed by atoms with E-state index in [9.17, 15) is 9.18 Å². The summed E-state index contributed by atoms with van der Waals surface area (Å²) in [5.74, 6) is 2.60. The summed E-state index contributed by atoms with van der Waals surface area (Å²) in [4.78, 5) is 19.6. The quantitative estimate of drug-likeness (QED) is 0.360. The Labute approximate surface area is 243 Å². The van der Waals surface area contributed by atoms with Gasteiger partial charge in [0.1, 0.15) is 6.61 Å². The Kier molecular flexibility index (Phi) is 18.0. The van der Waals surface area contributed by atoms with Gasteiger partial charge in [0.05, 0.1) is 0 Å². The zero-order chi connectivity index (χ0) is 18.8. The molecule has 1 aliphatic carbocycles. The summed E-state index contributed by atoms with van der Waals surface area (Å²) in [5.41, 5.74) is 2.15. The Balaban J connectivity index is 0. The van der Waals surface area contributed by atoms with Crippen LogP contribution in [0.25, 0.3) is 0 Å². The third-order valence-electron chi connectivity index (χ3n) is 3.84. The number of aryl methyl sites for hydroxylation is 1. The number of fused-ring (bicyclic) bond motifs is 1.